The number of hydrogen-bond acceptors (Lipinski definition) is 3. The van der Waals surface area contributed by atoms with Crippen LogP contribution in [0, 0.1) is 17.3 Å². The van der Waals surface area contributed by atoms with E-state index in [1.165, 1.54) is 24.8 Å². The van der Waals surface area contributed by atoms with Gasteiger partial charge in [0.25, 0.3) is 0 Å². The second-order valence-corrected chi connectivity index (χ2v) is 9.82. The van der Waals surface area contributed by atoms with Crippen molar-refractivity contribution in [2.24, 2.45) is 22.2 Å². The monoisotopic (exact) mass is 424 g/mol. The number of likely N-dealkylation sites (tertiary alicyclic amines) is 1. The van der Waals surface area contributed by atoms with Crippen molar-refractivity contribution in [3.63, 3.8) is 0 Å². The van der Waals surface area contributed by atoms with Crippen molar-refractivity contribution in [2.45, 2.75) is 57.6 Å². The van der Waals surface area contributed by atoms with E-state index < -0.39 is 0 Å². The van der Waals surface area contributed by atoms with E-state index in [0.29, 0.717) is 42.4 Å². The Morgan fingerprint density at radius 1 is 1.29 bits per heavy atom. The minimum absolute atomic E-state index is 0.271. The molecule has 2 heterocycles. The fourth-order valence-electron chi connectivity index (χ4n) is 6.24. The van der Waals surface area contributed by atoms with E-state index in [-0.39, 0.29) is 5.91 Å². The first-order chi connectivity index (χ1) is 15.2. The van der Waals surface area contributed by atoms with E-state index in [2.05, 4.69) is 41.8 Å². The summed E-state index contributed by atoms with van der Waals surface area (Å²) < 4.78 is 6.06. The van der Waals surface area contributed by atoms with Crippen LogP contribution in [0.5, 0.6) is 0 Å². The van der Waals surface area contributed by atoms with Crippen LogP contribution in [0.15, 0.2) is 35.3 Å². The number of ether oxygens (including phenoxy) is 1. The van der Waals surface area contributed by atoms with E-state index in [9.17, 15) is 4.79 Å². The summed E-state index contributed by atoms with van der Waals surface area (Å²) >= 11 is 0. The van der Waals surface area contributed by atoms with Crippen LogP contribution in [0.3, 0.4) is 0 Å². The summed E-state index contributed by atoms with van der Waals surface area (Å²) in [6, 6.07) is 10.9. The SMILES string of the molecule is CCNC(=NCC1CC(=O)N(CCc2ccccc2)C1)NC1C2CCOC2C12CCC2. The summed E-state index contributed by atoms with van der Waals surface area (Å²) in [5, 5.41) is 7.21. The van der Waals surface area contributed by atoms with Crippen LogP contribution < -0.4 is 10.6 Å². The maximum atomic E-state index is 12.5. The Hall–Kier alpha value is -2.08. The summed E-state index contributed by atoms with van der Waals surface area (Å²) in [5.74, 6) is 2.12. The summed E-state index contributed by atoms with van der Waals surface area (Å²) in [6.07, 6.45) is 7.04. The third-order valence-corrected chi connectivity index (χ3v) is 7.99. The van der Waals surface area contributed by atoms with Crippen molar-refractivity contribution in [1.29, 1.82) is 0 Å². The number of carbonyl (C=O) groups is 1. The summed E-state index contributed by atoms with van der Waals surface area (Å²) in [5.41, 5.74) is 1.63. The fraction of sp³-hybridized carbons (Fsp3) is 0.680. The van der Waals surface area contributed by atoms with Crippen molar-refractivity contribution >= 4 is 11.9 Å². The number of hydrogen-bond donors (Lipinski definition) is 2. The van der Waals surface area contributed by atoms with E-state index in [0.717, 1.165) is 45.0 Å². The lowest BCUT2D eigenvalue weighted by molar-refractivity contribution is -0.171. The average Bonchev–Trinajstić information content (AvgIpc) is 3.32. The lowest BCUT2D eigenvalue weighted by Crippen LogP contribution is -2.72. The molecule has 2 N–H and O–H groups in total. The maximum Gasteiger partial charge on any atom is 0.223 e. The van der Waals surface area contributed by atoms with Gasteiger partial charge in [0.1, 0.15) is 0 Å². The number of rotatable bonds is 7. The van der Waals surface area contributed by atoms with Gasteiger partial charge in [0.15, 0.2) is 5.96 Å². The molecule has 1 amide bonds. The first kappa shape index (κ1) is 20.8. The second-order valence-electron chi connectivity index (χ2n) is 9.82. The molecule has 1 aromatic rings. The van der Waals surface area contributed by atoms with E-state index in [1.807, 2.05) is 11.0 Å². The van der Waals surface area contributed by atoms with Gasteiger partial charge < -0.3 is 20.3 Å². The van der Waals surface area contributed by atoms with Gasteiger partial charge in [-0.3, -0.25) is 9.79 Å². The molecule has 4 atom stereocenters. The molecule has 0 aromatic heterocycles. The Kier molecular flexibility index (Phi) is 5.91. The van der Waals surface area contributed by atoms with Crippen molar-refractivity contribution in [3.05, 3.63) is 35.9 Å². The van der Waals surface area contributed by atoms with Crippen molar-refractivity contribution in [3.8, 4) is 0 Å². The smallest absolute Gasteiger partial charge is 0.223 e. The van der Waals surface area contributed by atoms with E-state index in [4.69, 9.17) is 9.73 Å². The molecular weight excluding hydrogens is 388 g/mol. The number of aliphatic imine (C=N–C) groups is 1. The Morgan fingerprint density at radius 3 is 2.87 bits per heavy atom. The average molecular weight is 425 g/mol. The summed E-state index contributed by atoms with van der Waals surface area (Å²) in [6.45, 7) is 6.20. The van der Waals surface area contributed by atoms with Gasteiger partial charge in [-0.1, -0.05) is 36.8 Å². The molecule has 5 rings (SSSR count). The lowest BCUT2D eigenvalue weighted by atomic mass is 9.46. The van der Waals surface area contributed by atoms with Crippen molar-refractivity contribution in [1.82, 2.24) is 15.5 Å². The number of amides is 1. The molecule has 1 spiro atoms. The largest absolute Gasteiger partial charge is 0.377 e. The highest BCUT2D eigenvalue weighted by molar-refractivity contribution is 5.81. The van der Waals surface area contributed by atoms with Gasteiger partial charge >= 0.3 is 0 Å². The first-order valence-electron chi connectivity index (χ1n) is 12.2. The third-order valence-electron chi connectivity index (χ3n) is 7.99. The molecule has 4 fully saturated rings. The van der Waals surface area contributed by atoms with Gasteiger partial charge in [0, 0.05) is 62.5 Å². The molecule has 4 unspecified atom stereocenters. The van der Waals surface area contributed by atoms with Crippen LogP contribution in [0.25, 0.3) is 0 Å². The third kappa shape index (κ3) is 3.95. The van der Waals surface area contributed by atoms with Crippen molar-refractivity contribution < 1.29 is 9.53 Å². The lowest BCUT2D eigenvalue weighted by Gasteiger charge is -2.63. The van der Waals surface area contributed by atoms with Gasteiger partial charge in [-0.2, -0.15) is 0 Å². The standard InChI is InChI=1S/C25H36N4O2/c1-2-26-24(28-22-20-10-14-31-23(20)25(22)11-6-12-25)27-16-19-15-21(30)29(17-19)13-9-18-7-4-3-5-8-18/h3-5,7-8,19-20,22-23H,2,6,9-17H2,1H3,(H2,26,27,28). The molecule has 2 saturated carbocycles. The number of nitrogens with zero attached hydrogens (tertiary/aromatic N) is 2. The molecule has 6 nitrogen and oxygen atoms in total. The van der Waals surface area contributed by atoms with Crippen LogP contribution in [0.4, 0.5) is 0 Å². The van der Waals surface area contributed by atoms with Gasteiger partial charge in [-0.25, -0.2) is 0 Å². The Morgan fingerprint density at radius 2 is 2.13 bits per heavy atom. The number of carbonyl (C=O) groups excluding carboxylic acids is 1. The highest BCUT2D eigenvalue weighted by Crippen LogP contribution is 2.62. The Bertz CT molecular complexity index is 807. The highest BCUT2D eigenvalue weighted by Gasteiger charge is 2.66. The van der Waals surface area contributed by atoms with Crippen LogP contribution in [-0.4, -0.2) is 61.7 Å². The van der Waals surface area contributed by atoms with Gasteiger partial charge in [0.2, 0.25) is 5.91 Å². The zero-order valence-electron chi connectivity index (χ0n) is 18.7. The molecule has 0 bridgehead atoms. The molecular formula is C25H36N4O2. The molecule has 6 heteroatoms. The number of benzene rings is 1. The zero-order chi connectivity index (χ0) is 21.3. The molecule has 2 aliphatic carbocycles. The van der Waals surface area contributed by atoms with Gasteiger partial charge in [-0.05, 0) is 38.2 Å². The van der Waals surface area contributed by atoms with Gasteiger partial charge in [-0.15, -0.1) is 0 Å². The quantitative estimate of drug-likeness (QED) is 0.522. The topological polar surface area (TPSA) is 66.0 Å². The van der Waals surface area contributed by atoms with Crippen LogP contribution in [0.1, 0.15) is 44.6 Å². The molecule has 31 heavy (non-hydrogen) atoms. The molecule has 168 valence electrons. The predicted molar refractivity (Wildman–Crippen MR) is 122 cm³/mol. The number of guanidine groups is 1. The van der Waals surface area contributed by atoms with Crippen LogP contribution >= 0.6 is 0 Å². The minimum atomic E-state index is 0.271. The van der Waals surface area contributed by atoms with Crippen molar-refractivity contribution in [2.75, 3.05) is 32.8 Å². The summed E-state index contributed by atoms with van der Waals surface area (Å²) in [7, 11) is 0. The highest BCUT2D eigenvalue weighted by atomic mass is 16.5. The molecule has 4 aliphatic rings. The van der Waals surface area contributed by atoms with Crippen LogP contribution in [-0.2, 0) is 16.0 Å². The van der Waals surface area contributed by atoms with E-state index >= 15 is 0 Å². The maximum absolute atomic E-state index is 12.5. The molecule has 2 aliphatic heterocycles. The minimum Gasteiger partial charge on any atom is -0.377 e. The first-order valence-corrected chi connectivity index (χ1v) is 12.2. The van der Waals surface area contributed by atoms with Crippen LogP contribution in [0.2, 0.25) is 0 Å². The van der Waals surface area contributed by atoms with E-state index in [1.54, 1.807) is 0 Å². The second kappa shape index (κ2) is 8.81. The predicted octanol–water partition coefficient (Wildman–Crippen LogP) is 2.59. The van der Waals surface area contributed by atoms with Gasteiger partial charge in [0.05, 0.1) is 6.10 Å². The number of nitrogens with one attached hydrogen (secondary N) is 2. The number of fused-ring (bicyclic) bond motifs is 2. The summed E-state index contributed by atoms with van der Waals surface area (Å²) in [4.78, 5) is 19.4. The zero-order valence-corrected chi connectivity index (χ0v) is 18.7. The fourth-order valence-corrected chi connectivity index (χ4v) is 6.24. The molecule has 0 radical (unpaired) electrons. The normalized spacial score (nSPS) is 31.3. The molecule has 2 saturated heterocycles. The Labute approximate surface area is 185 Å². The Balaban J connectivity index is 1.16. The molecule has 1 aromatic carbocycles.